The molecule has 1 aromatic heterocycles. The largest absolute Gasteiger partial charge is 0.357 e. The summed E-state index contributed by atoms with van der Waals surface area (Å²) < 4.78 is 0. The maximum atomic E-state index is 4.82. The maximum Gasteiger partial charge on any atom is 0.132 e. The summed E-state index contributed by atoms with van der Waals surface area (Å²) in [5.74, 6) is 2.73. The van der Waals surface area contributed by atoms with Gasteiger partial charge in [-0.1, -0.05) is 47.0 Å². The Labute approximate surface area is 131 Å². The van der Waals surface area contributed by atoms with Crippen molar-refractivity contribution in [2.45, 2.75) is 73.1 Å². The van der Waals surface area contributed by atoms with Gasteiger partial charge in [0.2, 0.25) is 0 Å². The van der Waals surface area contributed by atoms with Crippen molar-refractivity contribution in [3.05, 3.63) is 17.6 Å². The first-order valence-electron chi connectivity index (χ1n) is 8.66. The highest BCUT2D eigenvalue weighted by Gasteiger charge is 2.11. The van der Waals surface area contributed by atoms with Crippen molar-refractivity contribution in [3.63, 3.8) is 0 Å². The summed E-state index contributed by atoms with van der Waals surface area (Å²) in [5.41, 5.74) is 1.09. The minimum Gasteiger partial charge on any atom is -0.357 e. The van der Waals surface area contributed by atoms with E-state index in [4.69, 9.17) is 4.98 Å². The van der Waals surface area contributed by atoms with Crippen molar-refractivity contribution >= 4 is 5.82 Å². The van der Waals surface area contributed by atoms with E-state index >= 15 is 0 Å². The Balaban J connectivity index is 2.85. The number of hydrogen-bond donors (Lipinski definition) is 0. The third-order valence-corrected chi connectivity index (χ3v) is 3.61. The zero-order valence-electron chi connectivity index (χ0n) is 14.7. The average molecular weight is 291 g/mol. The molecule has 3 nitrogen and oxygen atoms in total. The van der Waals surface area contributed by atoms with Gasteiger partial charge in [-0.15, -0.1) is 0 Å². The van der Waals surface area contributed by atoms with Gasteiger partial charge in [-0.2, -0.15) is 0 Å². The molecule has 0 spiro atoms. The van der Waals surface area contributed by atoms with Crippen LogP contribution in [0.1, 0.15) is 71.3 Å². The number of rotatable bonds is 10. The monoisotopic (exact) mass is 291 g/mol. The Kier molecular flexibility index (Phi) is 8.33. The molecule has 0 aromatic carbocycles. The minimum absolute atomic E-state index is 0.601. The first-order valence-corrected chi connectivity index (χ1v) is 8.66. The van der Waals surface area contributed by atoms with Crippen LogP contribution in [-0.4, -0.2) is 23.1 Å². The topological polar surface area (TPSA) is 29.0 Å². The smallest absolute Gasteiger partial charge is 0.132 e. The van der Waals surface area contributed by atoms with E-state index in [-0.39, 0.29) is 0 Å². The number of nitrogens with zero attached hydrogens (tertiary/aromatic N) is 3. The van der Waals surface area contributed by atoms with Crippen molar-refractivity contribution in [1.29, 1.82) is 0 Å². The second-order valence-corrected chi connectivity index (χ2v) is 6.43. The van der Waals surface area contributed by atoms with Crippen LogP contribution < -0.4 is 4.90 Å². The van der Waals surface area contributed by atoms with E-state index in [0.29, 0.717) is 5.92 Å². The molecule has 1 aromatic rings. The summed E-state index contributed by atoms with van der Waals surface area (Å²) in [5, 5.41) is 0. The molecule has 0 radical (unpaired) electrons. The molecule has 0 N–H and O–H groups in total. The Morgan fingerprint density at radius 1 is 1.00 bits per heavy atom. The van der Waals surface area contributed by atoms with E-state index in [0.717, 1.165) is 36.8 Å². The summed E-state index contributed by atoms with van der Waals surface area (Å²) in [4.78, 5) is 11.9. The van der Waals surface area contributed by atoms with Crippen LogP contribution in [0, 0.1) is 12.8 Å². The molecule has 0 fully saturated rings. The van der Waals surface area contributed by atoms with Crippen LogP contribution in [0.25, 0.3) is 0 Å². The van der Waals surface area contributed by atoms with Crippen LogP contribution >= 0.6 is 0 Å². The molecule has 0 saturated heterocycles. The molecule has 0 aliphatic heterocycles. The van der Waals surface area contributed by atoms with Crippen LogP contribution in [0.15, 0.2) is 6.07 Å². The lowest BCUT2D eigenvalue weighted by Gasteiger charge is -2.24. The standard InChI is InChI=1S/C18H33N3/c1-6-8-10-12-21(11-9-7-2)18-14-16(5)19-17(20-18)13-15(3)4/h14-15H,6-13H2,1-5H3. The van der Waals surface area contributed by atoms with Crippen LogP contribution in [0.4, 0.5) is 5.82 Å². The Bertz CT molecular complexity index is 401. The molecule has 120 valence electrons. The number of hydrogen-bond acceptors (Lipinski definition) is 3. The summed E-state index contributed by atoms with van der Waals surface area (Å²) in [7, 11) is 0. The Morgan fingerprint density at radius 2 is 1.67 bits per heavy atom. The van der Waals surface area contributed by atoms with Crippen molar-refractivity contribution in [3.8, 4) is 0 Å². The van der Waals surface area contributed by atoms with Gasteiger partial charge in [0.05, 0.1) is 0 Å². The van der Waals surface area contributed by atoms with Crippen molar-refractivity contribution in [2.24, 2.45) is 5.92 Å². The molecule has 21 heavy (non-hydrogen) atoms. The predicted octanol–water partition coefficient (Wildman–Crippen LogP) is 4.78. The highest BCUT2D eigenvalue weighted by atomic mass is 15.2. The van der Waals surface area contributed by atoms with Crippen molar-refractivity contribution in [2.75, 3.05) is 18.0 Å². The number of aryl methyl sites for hydroxylation is 1. The van der Waals surface area contributed by atoms with Crippen LogP contribution in [-0.2, 0) is 6.42 Å². The second kappa shape index (κ2) is 9.75. The second-order valence-electron chi connectivity index (χ2n) is 6.43. The summed E-state index contributed by atoms with van der Waals surface area (Å²) in [6.45, 7) is 13.3. The SMILES string of the molecule is CCCCCN(CCCC)c1cc(C)nc(CC(C)C)n1. The van der Waals surface area contributed by atoms with Gasteiger partial charge in [0.1, 0.15) is 11.6 Å². The van der Waals surface area contributed by atoms with E-state index in [1.807, 2.05) is 0 Å². The molecular weight excluding hydrogens is 258 g/mol. The van der Waals surface area contributed by atoms with E-state index in [2.05, 4.69) is 50.6 Å². The molecule has 0 saturated carbocycles. The molecular formula is C18H33N3. The van der Waals surface area contributed by atoms with Gasteiger partial charge in [0.25, 0.3) is 0 Å². The van der Waals surface area contributed by atoms with Gasteiger partial charge in [-0.25, -0.2) is 9.97 Å². The van der Waals surface area contributed by atoms with E-state index in [1.54, 1.807) is 0 Å². The molecule has 0 aliphatic rings. The van der Waals surface area contributed by atoms with Crippen LogP contribution in [0.2, 0.25) is 0 Å². The average Bonchev–Trinajstić information content (AvgIpc) is 2.41. The zero-order valence-corrected chi connectivity index (χ0v) is 14.7. The lowest BCUT2D eigenvalue weighted by molar-refractivity contribution is 0.611. The fraction of sp³-hybridized carbons (Fsp3) is 0.778. The number of aromatic nitrogens is 2. The Morgan fingerprint density at radius 3 is 2.29 bits per heavy atom. The summed E-state index contributed by atoms with van der Waals surface area (Å²) in [6, 6.07) is 2.14. The number of anilines is 1. The molecule has 1 rings (SSSR count). The third kappa shape index (κ3) is 6.92. The molecule has 3 heteroatoms. The lowest BCUT2D eigenvalue weighted by Crippen LogP contribution is -2.27. The molecule has 0 bridgehead atoms. The van der Waals surface area contributed by atoms with Gasteiger partial charge >= 0.3 is 0 Å². The first-order chi connectivity index (χ1) is 10.1. The lowest BCUT2D eigenvalue weighted by atomic mass is 10.1. The molecule has 0 aliphatic carbocycles. The summed E-state index contributed by atoms with van der Waals surface area (Å²) >= 11 is 0. The van der Waals surface area contributed by atoms with Crippen LogP contribution in [0.5, 0.6) is 0 Å². The fourth-order valence-corrected chi connectivity index (χ4v) is 2.47. The van der Waals surface area contributed by atoms with Gasteiger partial charge < -0.3 is 4.90 Å². The molecule has 0 unspecified atom stereocenters. The van der Waals surface area contributed by atoms with E-state index < -0.39 is 0 Å². The molecule has 0 amide bonds. The normalized spacial score (nSPS) is 11.1. The van der Waals surface area contributed by atoms with Gasteiger partial charge in [0, 0.05) is 31.3 Å². The van der Waals surface area contributed by atoms with Gasteiger partial charge in [-0.05, 0) is 25.7 Å². The molecule has 1 heterocycles. The summed E-state index contributed by atoms with van der Waals surface area (Å²) in [6.07, 6.45) is 7.24. The van der Waals surface area contributed by atoms with E-state index in [1.165, 1.54) is 32.1 Å². The minimum atomic E-state index is 0.601. The van der Waals surface area contributed by atoms with E-state index in [9.17, 15) is 0 Å². The maximum absolute atomic E-state index is 4.82. The van der Waals surface area contributed by atoms with Crippen molar-refractivity contribution < 1.29 is 0 Å². The quantitative estimate of drug-likeness (QED) is 0.581. The first kappa shape index (κ1) is 17.9. The van der Waals surface area contributed by atoms with Crippen molar-refractivity contribution in [1.82, 2.24) is 9.97 Å². The predicted molar refractivity (Wildman–Crippen MR) is 92.0 cm³/mol. The fourth-order valence-electron chi connectivity index (χ4n) is 2.47. The number of unbranched alkanes of at least 4 members (excludes halogenated alkanes) is 3. The highest BCUT2D eigenvalue weighted by molar-refractivity contribution is 5.39. The third-order valence-electron chi connectivity index (χ3n) is 3.61. The Hall–Kier alpha value is -1.12. The van der Waals surface area contributed by atoms with Gasteiger partial charge in [0.15, 0.2) is 0 Å². The van der Waals surface area contributed by atoms with Crippen LogP contribution in [0.3, 0.4) is 0 Å². The zero-order chi connectivity index (χ0) is 15.7. The van der Waals surface area contributed by atoms with Gasteiger partial charge in [-0.3, -0.25) is 0 Å². The molecule has 0 atom stereocenters. The highest BCUT2D eigenvalue weighted by Crippen LogP contribution is 2.16.